The van der Waals surface area contributed by atoms with Crippen molar-refractivity contribution >= 4 is 37.5 Å². The van der Waals surface area contributed by atoms with Crippen LogP contribution in [-0.4, -0.2) is 27.7 Å². The van der Waals surface area contributed by atoms with Crippen molar-refractivity contribution in [1.29, 1.82) is 0 Å². The summed E-state index contributed by atoms with van der Waals surface area (Å²) >= 11 is 1.66. The molecule has 0 spiro atoms. The maximum Gasteiger partial charge on any atom is 0.183 e. The Morgan fingerprint density at radius 3 is 3.00 bits per heavy atom. The molecule has 1 aromatic carbocycles. The predicted octanol–water partition coefficient (Wildman–Crippen LogP) is 2.48. The maximum absolute atomic E-state index is 10.9. The van der Waals surface area contributed by atoms with E-state index in [0.717, 1.165) is 29.4 Å². The predicted molar refractivity (Wildman–Crippen MR) is 71.7 cm³/mol. The molecule has 0 aliphatic rings. The van der Waals surface area contributed by atoms with Crippen molar-refractivity contribution in [1.82, 2.24) is 4.98 Å². The van der Waals surface area contributed by atoms with Crippen molar-refractivity contribution in [2.45, 2.75) is 6.42 Å². The number of nitrogens with zero attached hydrogens (tertiary/aromatic N) is 1. The molecule has 2 aromatic rings. The number of hydrogen-bond donors (Lipinski definition) is 1. The van der Waals surface area contributed by atoms with E-state index in [1.54, 1.807) is 17.6 Å². The zero-order valence-corrected chi connectivity index (χ0v) is 10.7. The number of fused-ring (bicyclic) bond motifs is 1. The Morgan fingerprint density at radius 2 is 2.25 bits per heavy atom. The normalized spacial score (nSPS) is 12.8. The van der Waals surface area contributed by atoms with E-state index in [0.29, 0.717) is 0 Å². The van der Waals surface area contributed by atoms with Crippen LogP contribution in [0.4, 0.5) is 5.13 Å². The Labute approximate surface area is 101 Å². The molecule has 5 heteroatoms. The monoisotopic (exact) mass is 254 g/mol. The fourth-order valence-electron chi connectivity index (χ4n) is 1.42. The standard InChI is InChI=1S/C11H14N2OS2/c1-16(14)8-4-7-12-11-13-9-5-2-3-6-10(9)15-11/h2-3,5-6H,4,7-8H2,1H3,(H,12,13). The number of hydrogen-bond acceptors (Lipinski definition) is 4. The molecule has 86 valence electrons. The third-order valence-corrected chi connectivity index (χ3v) is 4.04. The molecule has 1 heterocycles. The summed E-state index contributed by atoms with van der Waals surface area (Å²) in [6.45, 7) is 0.833. The highest BCUT2D eigenvalue weighted by Crippen LogP contribution is 2.25. The summed E-state index contributed by atoms with van der Waals surface area (Å²) in [6, 6.07) is 8.09. The van der Waals surface area contributed by atoms with Gasteiger partial charge in [0.1, 0.15) is 0 Å². The van der Waals surface area contributed by atoms with Gasteiger partial charge in [0.15, 0.2) is 5.13 Å². The van der Waals surface area contributed by atoms with Crippen LogP contribution in [0, 0.1) is 0 Å². The van der Waals surface area contributed by atoms with E-state index in [-0.39, 0.29) is 0 Å². The van der Waals surface area contributed by atoms with Crippen LogP contribution in [0.15, 0.2) is 24.3 Å². The van der Waals surface area contributed by atoms with Gasteiger partial charge in [0.25, 0.3) is 0 Å². The average Bonchev–Trinajstić information content (AvgIpc) is 2.66. The van der Waals surface area contributed by atoms with Crippen LogP contribution in [0.2, 0.25) is 0 Å². The van der Waals surface area contributed by atoms with Crippen molar-refractivity contribution in [3.05, 3.63) is 24.3 Å². The van der Waals surface area contributed by atoms with E-state index in [1.807, 2.05) is 18.2 Å². The number of nitrogens with one attached hydrogen (secondary N) is 1. The largest absolute Gasteiger partial charge is 0.361 e. The lowest BCUT2D eigenvalue weighted by molar-refractivity contribution is 0.685. The molecule has 2 rings (SSSR count). The minimum atomic E-state index is -0.695. The first-order valence-electron chi connectivity index (χ1n) is 5.15. The van der Waals surface area contributed by atoms with E-state index >= 15 is 0 Å². The molecule has 0 aliphatic carbocycles. The fourth-order valence-corrected chi connectivity index (χ4v) is 2.86. The lowest BCUT2D eigenvalue weighted by Crippen LogP contribution is -2.05. The fraction of sp³-hybridized carbons (Fsp3) is 0.364. The number of aromatic nitrogens is 1. The van der Waals surface area contributed by atoms with Gasteiger partial charge in [-0.1, -0.05) is 23.5 Å². The molecule has 0 radical (unpaired) electrons. The summed E-state index contributed by atoms with van der Waals surface area (Å²) in [5.74, 6) is 0.748. The van der Waals surface area contributed by atoms with Crippen molar-refractivity contribution in [2.75, 3.05) is 23.9 Å². The smallest absolute Gasteiger partial charge is 0.183 e. The zero-order chi connectivity index (χ0) is 11.4. The molecule has 0 aliphatic heterocycles. The minimum absolute atomic E-state index is 0.695. The third-order valence-electron chi connectivity index (χ3n) is 2.18. The first kappa shape index (κ1) is 11.5. The highest BCUT2D eigenvalue weighted by atomic mass is 32.2. The summed E-state index contributed by atoms with van der Waals surface area (Å²) in [5.41, 5.74) is 1.04. The Kier molecular flexibility index (Phi) is 3.90. The van der Waals surface area contributed by atoms with Gasteiger partial charge in [0, 0.05) is 29.4 Å². The van der Waals surface area contributed by atoms with E-state index in [2.05, 4.69) is 16.4 Å². The van der Waals surface area contributed by atoms with E-state index < -0.39 is 10.8 Å². The second-order valence-corrected chi connectivity index (χ2v) is 6.13. The van der Waals surface area contributed by atoms with Gasteiger partial charge in [-0.3, -0.25) is 4.21 Å². The molecule has 1 unspecified atom stereocenters. The summed E-state index contributed by atoms with van der Waals surface area (Å²) in [6.07, 6.45) is 2.65. The number of anilines is 1. The first-order chi connectivity index (χ1) is 7.75. The van der Waals surface area contributed by atoms with Crippen molar-refractivity contribution in [3.8, 4) is 0 Å². The Morgan fingerprint density at radius 1 is 1.44 bits per heavy atom. The Hall–Kier alpha value is -0.940. The topological polar surface area (TPSA) is 42.0 Å². The van der Waals surface area contributed by atoms with Gasteiger partial charge in [0.05, 0.1) is 10.2 Å². The molecule has 0 saturated heterocycles. The molecule has 1 atom stereocenters. The van der Waals surface area contributed by atoms with Gasteiger partial charge in [-0.15, -0.1) is 0 Å². The van der Waals surface area contributed by atoms with Crippen LogP contribution in [-0.2, 0) is 10.8 Å². The van der Waals surface area contributed by atoms with Crippen LogP contribution in [0.25, 0.3) is 10.2 Å². The molecular weight excluding hydrogens is 240 g/mol. The van der Waals surface area contributed by atoms with Gasteiger partial charge in [-0.25, -0.2) is 4.98 Å². The van der Waals surface area contributed by atoms with Crippen LogP contribution in [0.5, 0.6) is 0 Å². The molecule has 16 heavy (non-hydrogen) atoms. The molecule has 3 nitrogen and oxygen atoms in total. The highest BCUT2D eigenvalue weighted by Gasteiger charge is 2.01. The Balaban J connectivity index is 1.92. The summed E-state index contributed by atoms with van der Waals surface area (Å²) in [4.78, 5) is 4.46. The van der Waals surface area contributed by atoms with Crippen molar-refractivity contribution in [3.63, 3.8) is 0 Å². The summed E-state index contributed by atoms with van der Waals surface area (Å²) in [7, 11) is -0.695. The Bertz CT molecular complexity index is 462. The minimum Gasteiger partial charge on any atom is -0.361 e. The van der Waals surface area contributed by atoms with Gasteiger partial charge < -0.3 is 5.32 Å². The van der Waals surface area contributed by atoms with Crippen molar-refractivity contribution in [2.24, 2.45) is 0 Å². The summed E-state index contributed by atoms with van der Waals surface area (Å²) in [5, 5.41) is 4.21. The quantitative estimate of drug-likeness (QED) is 0.833. The molecule has 0 fully saturated rings. The van der Waals surface area contributed by atoms with Gasteiger partial charge >= 0.3 is 0 Å². The number of benzene rings is 1. The SMILES string of the molecule is CS(=O)CCCNc1nc2ccccc2s1. The maximum atomic E-state index is 10.9. The number of rotatable bonds is 5. The zero-order valence-electron chi connectivity index (χ0n) is 9.10. The van der Waals surface area contributed by atoms with Crippen LogP contribution in [0.1, 0.15) is 6.42 Å². The second-order valence-electron chi connectivity index (χ2n) is 3.54. The van der Waals surface area contributed by atoms with Crippen LogP contribution < -0.4 is 5.32 Å². The van der Waals surface area contributed by atoms with E-state index in [9.17, 15) is 4.21 Å². The number of thiazole rings is 1. The molecule has 0 bridgehead atoms. The molecular formula is C11H14N2OS2. The summed E-state index contributed by atoms with van der Waals surface area (Å²) < 4.78 is 12.1. The van der Waals surface area contributed by atoms with Crippen LogP contribution >= 0.6 is 11.3 Å². The highest BCUT2D eigenvalue weighted by molar-refractivity contribution is 7.84. The van der Waals surface area contributed by atoms with Crippen LogP contribution in [0.3, 0.4) is 0 Å². The lowest BCUT2D eigenvalue weighted by atomic mass is 10.3. The molecule has 1 aromatic heterocycles. The van der Waals surface area contributed by atoms with Gasteiger partial charge in [-0.05, 0) is 18.6 Å². The second kappa shape index (κ2) is 5.41. The number of para-hydroxylation sites is 1. The molecule has 1 N–H and O–H groups in total. The third kappa shape index (κ3) is 3.02. The first-order valence-corrected chi connectivity index (χ1v) is 7.69. The van der Waals surface area contributed by atoms with Crippen molar-refractivity contribution < 1.29 is 4.21 Å². The molecule has 0 amide bonds. The van der Waals surface area contributed by atoms with Gasteiger partial charge in [0.2, 0.25) is 0 Å². The van der Waals surface area contributed by atoms with Gasteiger partial charge in [-0.2, -0.15) is 0 Å². The average molecular weight is 254 g/mol. The van der Waals surface area contributed by atoms with E-state index in [4.69, 9.17) is 0 Å². The molecule has 0 saturated carbocycles. The van der Waals surface area contributed by atoms with E-state index in [1.165, 1.54) is 4.70 Å². The lowest BCUT2D eigenvalue weighted by Gasteiger charge is -1.99.